The number of rotatable bonds is 5. The first kappa shape index (κ1) is 18.8. The van der Waals surface area contributed by atoms with E-state index in [1.165, 1.54) is 0 Å². The zero-order valence-electron chi connectivity index (χ0n) is 13.3. The summed E-state index contributed by atoms with van der Waals surface area (Å²) < 4.78 is 42.9. The number of aromatic nitrogens is 2. The van der Waals surface area contributed by atoms with Gasteiger partial charge < -0.3 is 14.2 Å². The van der Waals surface area contributed by atoms with E-state index in [2.05, 4.69) is 0 Å². The Morgan fingerprint density at radius 2 is 2.00 bits per heavy atom. The maximum Gasteiger partial charge on any atom is 0.330 e. The van der Waals surface area contributed by atoms with Crippen molar-refractivity contribution in [3.8, 4) is 0 Å². The second-order valence-corrected chi connectivity index (χ2v) is 5.37. The molecule has 1 saturated heterocycles. The van der Waals surface area contributed by atoms with Crippen molar-refractivity contribution in [3.05, 3.63) is 33.1 Å². The van der Waals surface area contributed by atoms with Crippen LogP contribution in [0.25, 0.3) is 0 Å². The second-order valence-electron chi connectivity index (χ2n) is 5.37. The number of carbonyl (C=O) groups excluding carboxylic acids is 2. The Bertz CT molecular complexity index is 760. The summed E-state index contributed by atoms with van der Waals surface area (Å²) in [4.78, 5) is 47.3. The number of nitrogens with one attached hydrogen (secondary N) is 1. The lowest BCUT2D eigenvalue weighted by Gasteiger charge is -2.23. The van der Waals surface area contributed by atoms with Crippen molar-refractivity contribution in [3.63, 3.8) is 0 Å². The minimum atomic E-state index is -2.98. The fourth-order valence-electron chi connectivity index (χ4n) is 2.58. The number of aromatic amines is 1. The second kappa shape index (κ2) is 7.55. The van der Waals surface area contributed by atoms with Gasteiger partial charge in [-0.2, -0.15) is 0 Å². The molecule has 4 unspecified atom stereocenters. The highest BCUT2D eigenvalue weighted by atomic mass is 19.3. The van der Waals surface area contributed by atoms with Gasteiger partial charge in [0.15, 0.2) is 12.3 Å². The highest BCUT2D eigenvalue weighted by Crippen LogP contribution is 2.39. The maximum absolute atomic E-state index is 13.5. The molecule has 0 radical (unpaired) electrons. The number of carbonyl (C=O) groups is 2. The summed E-state index contributed by atoms with van der Waals surface area (Å²) in [5.41, 5.74) is -1.61. The van der Waals surface area contributed by atoms with Gasteiger partial charge in [-0.3, -0.25) is 23.9 Å². The summed E-state index contributed by atoms with van der Waals surface area (Å²) in [7, 11) is 0. The van der Waals surface area contributed by atoms with Gasteiger partial charge in [-0.15, -0.1) is 0 Å². The predicted octanol–water partition coefficient (Wildman–Crippen LogP) is -0.190. The van der Waals surface area contributed by atoms with Crippen LogP contribution >= 0.6 is 0 Å². The zero-order valence-corrected chi connectivity index (χ0v) is 13.3. The minimum Gasteiger partial charge on any atom is -0.463 e. The fraction of sp³-hybridized carbons (Fsp3) is 0.571. The Labute approximate surface area is 139 Å². The van der Waals surface area contributed by atoms with Crippen molar-refractivity contribution in [2.75, 3.05) is 6.61 Å². The molecule has 1 aromatic heterocycles. The average molecular weight is 362 g/mol. The molecule has 1 aliphatic rings. The van der Waals surface area contributed by atoms with Crippen LogP contribution in [-0.2, 0) is 23.8 Å². The van der Waals surface area contributed by atoms with E-state index in [4.69, 9.17) is 14.2 Å². The van der Waals surface area contributed by atoms with Crippen LogP contribution in [0.15, 0.2) is 21.9 Å². The molecule has 0 saturated carbocycles. The first-order valence-corrected chi connectivity index (χ1v) is 7.26. The van der Waals surface area contributed by atoms with Crippen LogP contribution in [0, 0.1) is 5.92 Å². The molecule has 11 heteroatoms. The van der Waals surface area contributed by atoms with E-state index < -0.39 is 60.6 Å². The molecular formula is C14H16F2N2O7. The topological polar surface area (TPSA) is 117 Å². The van der Waals surface area contributed by atoms with Crippen molar-refractivity contribution in [1.29, 1.82) is 0 Å². The summed E-state index contributed by atoms with van der Waals surface area (Å²) in [6.07, 6.45) is -6.17. The molecule has 1 aliphatic heterocycles. The summed E-state index contributed by atoms with van der Waals surface area (Å²) in [6, 6.07) is 0.992. The third kappa shape index (κ3) is 4.29. The van der Waals surface area contributed by atoms with Gasteiger partial charge in [0.25, 0.3) is 5.56 Å². The van der Waals surface area contributed by atoms with Crippen LogP contribution in [0.3, 0.4) is 0 Å². The van der Waals surface area contributed by atoms with E-state index in [-0.39, 0.29) is 0 Å². The lowest BCUT2D eigenvalue weighted by molar-refractivity contribution is -0.156. The molecule has 1 aromatic rings. The quantitative estimate of drug-likeness (QED) is 0.722. The largest absolute Gasteiger partial charge is 0.463 e. The molecule has 2 rings (SSSR count). The van der Waals surface area contributed by atoms with Gasteiger partial charge in [0.05, 0.1) is 5.92 Å². The first-order valence-electron chi connectivity index (χ1n) is 7.26. The Morgan fingerprint density at radius 1 is 1.32 bits per heavy atom. The molecule has 0 amide bonds. The van der Waals surface area contributed by atoms with Crippen molar-refractivity contribution >= 4 is 11.9 Å². The number of ether oxygens (including phenoxy) is 3. The van der Waals surface area contributed by atoms with Crippen molar-refractivity contribution < 1.29 is 32.6 Å². The molecule has 0 aliphatic carbocycles. The predicted molar refractivity (Wildman–Crippen MR) is 76.9 cm³/mol. The van der Waals surface area contributed by atoms with Crippen LogP contribution in [-0.4, -0.2) is 46.7 Å². The third-order valence-corrected chi connectivity index (χ3v) is 3.57. The molecule has 25 heavy (non-hydrogen) atoms. The summed E-state index contributed by atoms with van der Waals surface area (Å²) in [5, 5.41) is 0. The maximum atomic E-state index is 13.5. The lowest BCUT2D eigenvalue weighted by Crippen LogP contribution is -2.40. The summed E-state index contributed by atoms with van der Waals surface area (Å²) in [5.74, 6) is -3.19. The van der Waals surface area contributed by atoms with Gasteiger partial charge in [-0.05, 0) is 0 Å². The molecule has 0 bridgehead atoms. The average Bonchev–Trinajstić information content (AvgIpc) is 2.82. The number of halogens is 2. The molecule has 2 heterocycles. The number of alkyl halides is 2. The van der Waals surface area contributed by atoms with E-state index >= 15 is 0 Å². The Hall–Kier alpha value is -2.56. The number of nitrogens with zero attached hydrogens (tertiary/aromatic N) is 1. The van der Waals surface area contributed by atoms with Crippen molar-refractivity contribution in [1.82, 2.24) is 9.55 Å². The summed E-state index contributed by atoms with van der Waals surface area (Å²) in [6.45, 7) is 1.62. The number of esters is 2. The van der Waals surface area contributed by atoms with Crippen LogP contribution in [0.1, 0.15) is 20.1 Å². The van der Waals surface area contributed by atoms with E-state index in [1.807, 2.05) is 4.98 Å². The van der Waals surface area contributed by atoms with E-state index in [9.17, 15) is 28.0 Å². The van der Waals surface area contributed by atoms with Crippen LogP contribution in [0.5, 0.6) is 0 Å². The Balaban J connectivity index is 2.41. The zero-order chi connectivity index (χ0) is 18.7. The van der Waals surface area contributed by atoms with Crippen LogP contribution < -0.4 is 11.2 Å². The van der Waals surface area contributed by atoms with E-state index in [0.717, 1.165) is 30.7 Å². The molecule has 138 valence electrons. The van der Waals surface area contributed by atoms with E-state index in [1.54, 1.807) is 0 Å². The van der Waals surface area contributed by atoms with Crippen molar-refractivity contribution in [2.24, 2.45) is 5.92 Å². The number of H-pyrrole nitrogens is 1. The van der Waals surface area contributed by atoms with Crippen LogP contribution in [0.2, 0.25) is 0 Å². The monoisotopic (exact) mass is 362 g/mol. The standard InChI is InChI=1S/C14H16F2N2O7/c1-6(19)23-5-8-10(12(15)16)11(24-7(2)20)13(25-8)18-4-3-9(21)17-14(18)22/h3-4,8,10-13H,5H2,1-2H3,(H,17,21,22). The fourth-order valence-corrected chi connectivity index (χ4v) is 2.58. The smallest absolute Gasteiger partial charge is 0.330 e. The minimum absolute atomic E-state index is 0.503. The third-order valence-electron chi connectivity index (χ3n) is 3.57. The lowest BCUT2D eigenvalue weighted by atomic mass is 9.98. The van der Waals surface area contributed by atoms with Gasteiger partial charge in [-0.25, -0.2) is 13.6 Å². The van der Waals surface area contributed by atoms with Gasteiger partial charge in [0.2, 0.25) is 6.43 Å². The Kier molecular flexibility index (Phi) is 5.67. The number of hydrogen-bond acceptors (Lipinski definition) is 7. The molecule has 9 nitrogen and oxygen atoms in total. The van der Waals surface area contributed by atoms with Crippen LogP contribution in [0.4, 0.5) is 8.78 Å². The molecule has 0 spiro atoms. The number of hydrogen-bond donors (Lipinski definition) is 1. The van der Waals surface area contributed by atoms with Gasteiger partial charge >= 0.3 is 17.6 Å². The molecule has 1 N–H and O–H groups in total. The normalized spacial score (nSPS) is 25.8. The molecule has 0 aromatic carbocycles. The highest BCUT2D eigenvalue weighted by Gasteiger charge is 2.52. The van der Waals surface area contributed by atoms with E-state index in [0.29, 0.717) is 0 Å². The Morgan fingerprint density at radius 3 is 2.52 bits per heavy atom. The van der Waals surface area contributed by atoms with Crippen molar-refractivity contribution in [2.45, 2.75) is 38.7 Å². The van der Waals surface area contributed by atoms with Gasteiger partial charge in [0, 0.05) is 26.1 Å². The highest BCUT2D eigenvalue weighted by molar-refractivity contribution is 5.66. The molecular weight excluding hydrogens is 346 g/mol. The SMILES string of the molecule is CC(=O)OCC1OC(n2ccc(=O)[nH]c2=O)C(OC(C)=O)C1C(F)F. The molecule has 1 fully saturated rings. The molecule has 4 atom stereocenters. The summed E-state index contributed by atoms with van der Waals surface area (Å²) >= 11 is 0. The van der Waals surface area contributed by atoms with Gasteiger partial charge in [0.1, 0.15) is 12.7 Å². The first-order chi connectivity index (χ1) is 11.7. The van der Waals surface area contributed by atoms with Gasteiger partial charge in [-0.1, -0.05) is 0 Å².